The standard InChI is InChI=1S/C18H18F2N2O5/c1-25-15-11-12(4-5-13(15)27-18(19)20)16(23)21-6-8-22(9-7-21)17(24)14-3-2-10-26-14/h2-5,10-11,18H,6-9H2,1H3. The average molecular weight is 380 g/mol. The molecule has 27 heavy (non-hydrogen) atoms. The van der Waals surface area contributed by atoms with Crippen LogP contribution in [0.2, 0.25) is 0 Å². The number of alkyl halides is 2. The SMILES string of the molecule is COc1cc(C(=O)N2CCN(C(=O)c3ccco3)CC2)ccc1OC(F)F. The van der Waals surface area contributed by atoms with Crippen molar-refractivity contribution in [3.8, 4) is 11.5 Å². The van der Waals surface area contributed by atoms with Crippen molar-refractivity contribution in [2.45, 2.75) is 6.61 Å². The molecule has 0 spiro atoms. The number of rotatable bonds is 5. The lowest BCUT2D eigenvalue weighted by Crippen LogP contribution is -2.50. The number of hydrogen-bond acceptors (Lipinski definition) is 5. The molecule has 3 rings (SSSR count). The number of methoxy groups -OCH3 is 1. The van der Waals surface area contributed by atoms with Gasteiger partial charge in [-0.1, -0.05) is 0 Å². The summed E-state index contributed by atoms with van der Waals surface area (Å²) < 4.78 is 39.3. The third kappa shape index (κ3) is 4.18. The Labute approximate surface area is 154 Å². The van der Waals surface area contributed by atoms with Crippen molar-refractivity contribution in [1.29, 1.82) is 0 Å². The maximum absolute atomic E-state index is 12.7. The van der Waals surface area contributed by atoms with Gasteiger partial charge in [-0.3, -0.25) is 9.59 Å². The van der Waals surface area contributed by atoms with Crippen LogP contribution in [0.5, 0.6) is 11.5 Å². The molecular formula is C18H18F2N2O5. The Kier molecular flexibility index (Phi) is 5.58. The van der Waals surface area contributed by atoms with Crippen molar-refractivity contribution in [3.05, 3.63) is 47.9 Å². The van der Waals surface area contributed by atoms with Gasteiger partial charge in [-0.05, 0) is 30.3 Å². The van der Waals surface area contributed by atoms with Gasteiger partial charge in [0.25, 0.3) is 11.8 Å². The fourth-order valence-corrected chi connectivity index (χ4v) is 2.85. The highest BCUT2D eigenvalue weighted by Gasteiger charge is 2.27. The molecule has 7 nitrogen and oxygen atoms in total. The van der Waals surface area contributed by atoms with E-state index in [2.05, 4.69) is 4.74 Å². The summed E-state index contributed by atoms with van der Waals surface area (Å²) in [5.74, 6) is -0.330. The first kappa shape index (κ1) is 18.7. The molecule has 0 saturated carbocycles. The van der Waals surface area contributed by atoms with Gasteiger partial charge >= 0.3 is 6.61 Å². The van der Waals surface area contributed by atoms with E-state index in [1.54, 1.807) is 21.9 Å². The third-order valence-electron chi connectivity index (χ3n) is 4.21. The summed E-state index contributed by atoms with van der Waals surface area (Å²) in [7, 11) is 1.31. The molecule has 1 fully saturated rings. The molecule has 1 aliphatic rings. The Balaban J connectivity index is 1.64. The first-order valence-corrected chi connectivity index (χ1v) is 8.24. The second kappa shape index (κ2) is 8.07. The molecule has 0 radical (unpaired) electrons. The molecule has 0 atom stereocenters. The largest absolute Gasteiger partial charge is 0.493 e. The van der Waals surface area contributed by atoms with Crippen LogP contribution in [-0.2, 0) is 0 Å². The van der Waals surface area contributed by atoms with Gasteiger partial charge in [0, 0.05) is 31.7 Å². The van der Waals surface area contributed by atoms with Crippen LogP contribution in [0.3, 0.4) is 0 Å². The first-order valence-electron chi connectivity index (χ1n) is 8.24. The van der Waals surface area contributed by atoms with E-state index < -0.39 is 6.61 Å². The maximum Gasteiger partial charge on any atom is 0.387 e. The smallest absolute Gasteiger partial charge is 0.387 e. The van der Waals surface area contributed by atoms with Gasteiger partial charge in [0.05, 0.1) is 13.4 Å². The first-order chi connectivity index (χ1) is 13.0. The number of furan rings is 1. The molecule has 1 aliphatic heterocycles. The Morgan fingerprint density at radius 2 is 1.70 bits per heavy atom. The number of amides is 2. The van der Waals surface area contributed by atoms with Crippen molar-refractivity contribution in [1.82, 2.24) is 9.80 Å². The van der Waals surface area contributed by atoms with Gasteiger partial charge < -0.3 is 23.7 Å². The highest BCUT2D eigenvalue weighted by atomic mass is 19.3. The Morgan fingerprint density at radius 1 is 1.04 bits per heavy atom. The molecule has 0 bridgehead atoms. The second-order valence-corrected chi connectivity index (χ2v) is 5.81. The van der Waals surface area contributed by atoms with Crippen LogP contribution in [0.15, 0.2) is 41.0 Å². The van der Waals surface area contributed by atoms with Gasteiger partial charge in [0.2, 0.25) is 0 Å². The number of carbonyl (C=O) groups excluding carboxylic acids is 2. The number of nitrogens with zero attached hydrogens (tertiary/aromatic N) is 2. The summed E-state index contributed by atoms with van der Waals surface area (Å²) in [6.07, 6.45) is 1.43. The molecule has 0 unspecified atom stereocenters. The summed E-state index contributed by atoms with van der Waals surface area (Å²) in [6.45, 7) is -1.55. The van der Waals surface area contributed by atoms with Gasteiger partial charge in [0.1, 0.15) is 0 Å². The van der Waals surface area contributed by atoms with E-state index in [1.165, 1.54) is 31.6 Å². The molecule has 2 heterocycles. The summed E-state index contributed by atoms with van der Waals surface area (Å²) in [4.78, 5) is 28.1. The van der Waals surface area contributed by atoms with Crippen LogP contribution >= 0.6 is 0 Å². The van der Waals surface area contributed by atoms with E-state index in [1.807, 2.05) is 0 Å². The molecule has 1 aromatic heterocycles. The number of halogens is 2. The van der Waals surface area contributed by atoms with Crippen molar-refractivity contribution in [2.75, 3.05) is 33.3 Å². The predicted octanol–water partition coefficient (Wildman–Crippen LogP) is 2.49. The van der Waals surface area contributed by atoms with E-state index in [-0.39, 0.29) is 29.1 Å². The molecule has 0 aliphatic carbocycles. The lowest BCUT2D eigenvalue weighted by atomic mass is 10.1. The summed E-state index contributed by atoms with van der Waals surface area (Å²) >= 11 is 0. The van der Waals surface area contributed by atoms with Crippen molar-refractivity contribution in [2.24, 2.45) is 0 Å². The number of hydrogen-bond donors (Lipinski definition) is 0. The van der Waals surface area contributed by atoms with Crippen LogP contribution in [0.4, 0.5) is 8.78 Å². The van der Waals surface area contributed by atoms with Gasteiger partial charge in [-0.25, -0.2) is 0 Å². The van der Waals surface area contributed by atoms with Gasteiger partial charge in [-0.2, -0.15) is 8.78 Å². The minimum atomic E-state index is -2.99. The molecule has 1 saturated heterocycles. The van der Waals surface area contributed by atoms with Crippen LogP contribution in [-0.4, -0.2) is 61.5 Å². The number of benzene rings is 1. The molecule has 9 heteroatoms. The van der Waals surface area contributed by atoms with Crippen molar-refractivity contribution >= 4 is 11.8 Å². The van der Waals surface area contributed by atoms with Crippen LogP contribution in [0.25, 0.3) is 0 Å². The molecule has 1 aromatic carbocycles. The van der Waals surface area contributed by atoms with Crippen molar-refractivity contribution in [3.63, 3.8) is 0 Å². The molecular weight excluding hydrogens is 362 g/mol. The van der Waals surface area contributed by atoms with Gasteiger partial charge in [-0.15, -0.1) is 0 Å². The van der Waals surface area contributed by atoms with Crippen LogP contribution < -0.4 is 9.47 Å². The molecule has 0 N–H and O–H groups in total. The molecule has 2 aromatic rings. The summed E-state index contributed by atoms with van der Waals surface area (Å²) in [5, 5.41) is 0. The fourth-order valence-electron chi connectivity index (χ4n) is 2.85. The Morgan fingerprint density at radius 3 is 2.26 bits per heavy atom. The lowest BCUT2D eigenvalue weighted by Gasteiger charge is -2.34. The predicted molar refractivity (Wildman–Crippen MR) is 90.1 cm³/mol. The van der Waals surface area contributed by atoms with E-state index in [4.69, 9.17) is 9.15 Å². The highest BCUT2D eigenvalue weighted by Crippen LogP contribution is 2.30. The van der Waals surface area contributed by atoms with E-state index in [0.29, 0.717) is 31.7 Å². The quantitative estimate of drug-likeness (QED) is 0.797. The fraction of sp³-hybridized carbons (Fsp3) is 0.333. The van der Waals surface area contributed by atoms with E-state index in [9.17, 15) is 18.4 Å². The average Bonchev–Trinajstić information content (AvgIpc) is 3.21. The molecule has 2 amide bonds. The highest BCUT2D eigenvalue weighted by molar-refractivity contribution is 5.95. The molecule has 144 valence electrons. The summed E-state index contributed by atoms with van der Waals surface area (Å²) in [6, 6.07) is 7.27. The van der Waals surface area contributed by atoms with Crippen LogP contribution in [0, 0.1) is 0 Å². The van der Waals surface area contributed by atoms with E-state index >= 15 is 0 Å². The number of ether oxygens (including phenoxy) is 2. The minimum Gasteiger partial charge on any atom is -0.493 e. The minimum absolute atomic E-state index is 0.0489. The van der Waals surface area contributed by atoms with Gasteiger partial charge in [0.15, 0.2) is 17.3 Å². The van der Waals surface area contributed by atoms with Crippen LogP contribution in [0.1, 0.15) is 20.9 Å². The zero-order valence-corrected chi connectivity index (χ0v) is 14.6. The zero-order valence-electron chi connectivity index (χ0n) is 14.6. The number of piperazine rings is 1. The third-order valence-corrected chi connectivity index (χ3v) is 4.21. The maximum atomic E-state index is 12.7. The monoisotopic (exact) mass is 380 g/mol. The van der Waals surface area contributed by atoms with Crippen molar-refractivity contribution < 1.29 is 32.3 Å². The Bertz CT molecular complexity index is 802. The normalized spacial score (nSPS) is 14.4. The topological polar surface area (TPSA) is 72.2 Å². The number of carbonyl (C=O) groups is 2. The Hall–Kier alpha value is -3.10. The summed E-state index contributed by atoms with van der Waals surface area (Å²) in [5.41, 5.74) is 0.291. The lowest BCUT2D eigenvalue weighted by molar-refractivity contribution is -0.0512. The zero-order chi connectivity index (χ0) is 19.4. The van der Waals surface area contributed by atoms with E-state index in [0.717, 1.165) is 0 Å². The second-order valence-electron chi connectivity index (χ2n) is 5.81.